The van der Waals surface area contributed by atoms with Crippen LogP contribution in [0.25, 0.3) is 0 Å². The number of thiol groups is 1. The summed E-state index contributed by atoms with van der Waals surface area (Å²) in [4.78, 5) is 0. The number of rotatable bonds is 6. The first kappa shape index (κ1) is 11.2. The minimum absolute atomic E-state index is 0.0297. The van der Waals surface area contributed by atoms with Crippen molar-refractivity contribution in [2.45, 2.75) is 25.4 Å². The van der Waals surface area contributed by atoms with Crippen molar-refractivity contribution >= 4 is 12.6 Å². The minimum Gasteiger partial charge on any atom is -0.395 e. The largest absolute Gasteiger partial charge is 0.395 e. The van der Waals surface area contributed by atoms with E-state index < -0.39 is 0 Å². The molecule has 0 heterocycles. The van der Waals surface area contributed by atoms with Gasteiger partial charge in [0.1, 0.15) is 0 Å². The zero-order valence-electron chi connectivity index (χ0n) is 6.99. The van der Waals surface area contributed by atoms with Crippen LogP contribution in [-0.2, 0) is 9.47 Å². The Labute approximate surface area is 73.1 Å². The van der Waals surface area contributed by atoms with E-state index >= 15 is 0 Å². The second-order valence-electron chi connectivity index (χ2n) is 2.19. The minimum atomic E-state index is -0.207. The third-order valence-electron chi connectivity index (χ3n) is 1.14. The van der Waals surface area contributed by atoms with Crippen LogP contribution in [0, 0.1) is 0 Å². The van der Waals surface area contributed by atoms with Crippen molar-refractivity contribution in [1.82, 2.24) is 0 Å². The number of aliphatic hydroxyl groups is 1. The molecule has 68 valence electrons. The van der Waals surface area contributed by atoms with Crippen molar-refractivity contribution in [3.63, 3.8) is 0 Å². The van der Waals surface area contributed by atoms with Crippen LogP contribution in [0.1, 0.15) is 13.8 Å². The van der Waals surface area contributed by atoms with Crippen molar-refractivity contribution in [2.75, 3.05) is 19.8 Å². The fraction of sp³-hybridized carbons (Fsp3) is 1.00. The summed E-state index contributed by atoms with van der Waals surface area (Å²) in [5.74, 6) is 0. The number of aliphatic hydroxyl groups excluding tert-OH is 1. The van der Waals surface area contributed by atoms with Crippen LogP contribution < -0.4 is 0 Å². The lowest BCUT2D eigenvalue weighted by atomic mass is 10.5. The fourth-order valence-electron chi connectivity index (χ4n) is 0.582. The Hall–Kier alpha value is 0.230. The van der Waals surface area contributed by atoms with Crippen LogP contribution in [-0.4, -0.2) is 36.5 Å². The second-order valence-corrected chi connectivity index (χ2v) is 2.92. The summed E-state index contributed by atoms with van der Waals surface area (Å²) in [5, 5.41) is 8.47. The lowest BCUT2D eigenvalue weighted by molar-refractivity contribution is -0.127. The van der Waals surface area contributed by atoms with Crippen LogP contribution in [0.2, 0.25) is 0 Å². The topological polar surface area (TPSA) is 38.7 Å². The van der Waals surface area contributed by atoms with Gasteiger partial charge in [0.05, 0.1) is 13.2 Å². The van der Waals surface area contributed by atoms with Gasteiger partial charge in [-0.15, -0.1) is 0 Å². The average Bonchev–Trinajstić information content (AvgIpc) is 2.01. The molecule has 0 aliphatic heterocycles. The molecule has 2 atom stereocenters. The molecule has 3 nitrogen and oxygen atoms in total. The quantitative estimate of drug-likeness (QED) is 0.466. The van der Waals surface area contributed by atoms with E-state index in [1.165, 1.54) is 0 Å². The predicted molar refractivity (Wildman–Crippen MR) is 46.9 cm³/mol. The van der Waals surface area contributed by atoms with Gasteiger partial charge in [-0.1, -0.05) is 0 Å². The van der Waals surface area contributed by atoms with Crippen molar-refractivity contribution in [2.24, 2.45) is 0 Å². The highest BCUT2D eigenvalue weighted by atomic mass is 32.1. The fourth-order valence-corrected chi connectivity index (χ4v) is 0.668. The molecule has 0 amide bonds. The zero-order chi connectivity index (χ0) is 8.69. The average molecular weight is 180 g/mol. The summed E-state index contributed by atoms with van der Waals surface area (Å²) in [6.07, 6.45) is -0.207. The van der Waals surface area contributed by atoms with E-state index in [1.54, 1.807) is 0 Å². The van der Waals surface area contributed by atoms with E-state index in [2.05, 4.69) is 12.6 Å². The lowest BCUT2D eigenvalue weighted by Crippen LogP contribution is -2.20. The number of hydrogen-bond acceptors (Lipinski definition) is 4. The van der Waals surface area contributed by atoms with Gasteiger partial charge >= 0.3 is 0 Å². The van der Waals surface area contributed by atoms with Crippen LogP contribution in [0.4, 0.5) is 0 Å². The van der Waals surface area contributed by atoms with Gasteiger partial charge < -0.3 is 14.6 Å². The maximum absolute atomic E-state index is 8.58. The highest BCUT2D eigenvalue weighted by Crippen LogP contribution is 1.98. The van der Waals surface area contributed by atoms with E-state index in [0.29, 0.717) is 13.2 Å². The van der Waals surface area contributed by atoms with E-state index in [-0.39, 0.29) is 18.1 Å². The van der Waals surface area contributed by atoms with Crippen LogP contribution >= 0.6 is 12.6 Å². The summed E-state index contributed by atoms with van der Waals surface area (Å²) in [5.41, 5.74) is 0. The molecule has 2 unspecified atom stereocenters. The molecule has 0 fully saturated rings. The highest BCUT2D eigenvalue weighted by Gasteiger charge is 2.04. The van der Waals surface area contributed by atoms with Gasteiger partial charge in [-0.2, -0.15) is 12.6 Å². The SMILES string of the molecule is CCOC(C)OCC(S)CO. The molecule has 0 bridgehead atoms. The molecule has 0 aliphatic rings. The Bertz CT molecular complexity index is 89.8. The van der Waals surface area contributed by atoms with Gasteiger partial charge in [0, 0.05) is 11.9 Å². The first-order valence-corrected chi connectivity index (χ1v) is 4.24. The first-order chi connectivity index (χ1) is 5.20. The molecule has 0 saturated carbocycles. The Morgan fingerprint density at radius 2 is 2.09 bits per heavy atom. The van der Waals surface area contributed by atoms with Gasteiger partial charge in [0.2, 0.25) is 0 Å². The summed E-state index contributed by atoms with van der Waals surface area (Å²) < 4.78 is 10.3. The molecular weight excluding hydrogens is 164 g/mol. The van der Waals surface area contributed by atoms with Crippen LogP contribution in [0.3, 0.4) is 0 Å². The standard InChI is InChI=1S/C7H16O3S/c1-3-9-6(2)10-5-7(11)4-8/h6-8,11H,3-5H2,1-2H3. The molecule has 11 heavy (non-hydrogen) atoms. The van der Waals surface area contributed by atoms with Gasteiger partial charge in [-0.25, -0.2) is 0 Å². The maximum Gasteiger partial charge on any atom is 0.154 e. The van der Waals surface area contributed by atoms with Crippen LogP contribution in [0.15, 0.2) is 0 Å². The second kappa shape index (κ2) is 6.91. The molecule has 0 aromatic carbocycles. The monoisotopic (exact) mass is 180 g/mol. The van der Waals surface area contributed by atoms with Crippen LogP contribution in [0.5, 0.6) is 0 Å². The molecule has 0 aromatic heterocycles. The van der Waals surface area contributed by atoms with Crippen molar-refractivity contribution < 1.29 is 14.6 Å². The molecule has 4 heteroatoms. The molecule has 0 aromatic rings. The summed E-state index contributed by atoms with van der Waals surface area (Å²) >= 11 is 4.04. The molecule has 1 N–H and O–H groups in total. The van der Waals surface area contributed by atoms with E-state index in [0.717, 1.165) is 0 Å². The van der Waals surface area contributed by atoms with E-state index in [1.807, 2.05) is 13.8 Å². The number of hydrogen-bond donors (Lipinski definition) is 2. The van der Waals surface area contributed by atoms with Gasteiger partial charge in [-0.05, 0) is 13.8 Å². The normalized spacial score (nSPS) is 16.4. The van der Waals surface area contributed by atoms with Gasteiger partial charge in [0.25, 0.3) is 0 Å². The van der Waals surface area contributed by atoms with Crippen molar-refractivity contribution in [3.05, 3.63) is 0 Å². The first-order valence-electron chi connectivity index (χ1n) is 3.72. The smallest absolute Gasteiger partial charge is 0.154 e. The molecule has 0 radical (unpaired) electrons. The number of ether oxygens (including phenoxy) is 2. The summed E-state index contributed by atoms with van der Waals surface area (Å²) in [6, 6.07) is 0. The Morgan fingerprint density at radius 1 is 1.45 bits per heavy atom. The summed E-state index contributed by atoms with van der Waals surface area (Å²) in [6.45, 7) is 4.81. The third-order valence-corrected chi connectivity index (χ3v) is 1.45. The predicted octanol–water partition coefficient (Wildman–Crippen LogP) is 0.676. The Balaban J connectivity index is 3.22. The zero-order valence-corrected chi connectivity index (χ0v) is 7.88. The highest BCUT2D eigenvalue weighted by molar-refractivity contribution is 7.81. The van der Waals surface area contributed by atoms with E-state index in [9.17, 15) is 0 Å². The van der Waals surface area contributed by atoms with Crippen molar-refractivity contribution in [3.8, 4) is 0 Å². The molecule has 0 rings (SSSR count). The molecular formula is C7H16O3S. The Kier molecular flexibility index (Phi) is 7.06. The van der Waals surface area contributed by atoms with Gasteiger partial charge in [-0.3, -0.25) is 0 Å². The molecule has 0 aliphatic carbocycles. The van der Waals surface area contributed by atoms with E-state index in [4.69, 9.17) is 14.6 Å². The summed E-state index contributed by atoms with van der Waals surface area (Å²) in [7, 11) is 0. The van der Waals surface area contributed by atoms with Crippen molar-refractivity contribution in [1.29, 1.82) is 0 Å². The van der Waals surface area contributed by atoms with Gasteiger partial charge in [0.15, 0.2) is 6.29 Å². The third kappa shape index (κ3) is 6.62. The lowest BCUT2D eigenvalue weighted by Gasteiger charge is -2.14. The molecule has 0 saturated heterocycles. The molecule has 0 spiro atoms. The maximum atomic E-state index is 8.58. The Morgan fingerprint density at radius 3 is 2.55 bits per heavy atom.